The van der Waals surface area contributed by atoms with Crippen molar-refractivity contribution in [3.63, 3.8) is 0 Å². The third kappa shape index (κ3) is 3.05. The Labute approximate surface area is 123 Å². The number of hydrogen-bond acceptors (Lipinski definition) is 2. The number of aromatic nitrogens is 1. The van der Waals surface area contributed by atoms with Gasteiger partial charge >= 0.3 is 0 Å². The Hall–Kier alpha value is -1.72. The first-order valence-electron chi connectivity index (χ1n) is 5.46. The van der Waals surface area contributed by atoms with Gasteiger partial charge < -0.3 is 5.32 Å². The lowest BCUT2D eigenvalue weighted by atomic mass is 10.2. The molecule has 1 heterocycles. The summed E-state index contributed by atoms with van der Waals surface area (Å²) in [7, 11) is 0. The van der Waals surface area contributed by atoms with Crippen molar-refractivity contribution in [1.29, 1.82) is 0 Å². The predicted octanol–water partition coefficient (Wildman–Crippen LogP) is 4.23. The molecule has 0 aliphatic heterocycles. The van der Waals surface area contributed by atoms with Gasteiger partial charge in [0, 0.05) is 12.3 Å². The normalized spacial score (nSPS) is 10.4. The highest BCUT2D eigenvalue weighted by molar-refractivity contribution is 6.41. The van der Waals surface area contributed by atoms with E-state index >= 15 is 0 Å². The molecule has 0 saturated carbocycles. The maximum Gasteiger partial charge on any atom is 0.257 e. The van der Waals surface area contributed by atoms with Gasteiger partial charge in [0.05, 0.1) is 16.3 Å². The number of carbonyl (C=O) groups is 1. The van der Waals surface area contributed by atoms with Crippen LogP contribution in [-0.2, 0) is 0 Å². The summed E-state index contributed by atoms with van der Waals surface area (Å²) in [5, 5.41) is 2.39. The first kappa shape index (κ1) is 14.7. The molecule has 1 N–H and O–H groups in total. The van der Waals surface area contributed by atoms with Gasteiger partial charge in [-0.1, -0.05) is 23.2 Å². The van der Waals surface area contributed by atoms with E-state index in [4.69, 9.17) is 23.2 Å². The van der Waals surface area contributed by atoms with Crippen molar-refractivity contribution in [1.82, 2.24) is 4.98 Å². The van der Waals surface area contributed by atoms with Crippen LogP contribution < -0.4 is 5.32 Å². The van der Waals surface area contributed by atoms with Crippen molar-refractivity contribution in [2.75, 3.05) is 5.32 Å². The minimum absolute atomic E-state index is 0.0516. The molecule has 3 nitrogen and oxygen atoms in total. The number of benzene rings is 1. The monoisotopic (exact) mass is 316 g/mol. The van der Waals surface area contributed by atoms with E-state index in [2.05, 4.69) is 10.3 Å². The van der Waals surface area contributed by atoms with E-state index in [1.807, 2.05) is 0 Å². The van der Waals surface area contributed by atoms with Crippen molar-refractivity contribution >= 4 is 34.8 Å². The number of carbonyl (C=O) groups excluding carboxylic acids is 1. The highest BCUT2D eigenvalue weighted by atomic mass is 35.5. The average molecular weight is 317 g/mol. The van der Waals surface area contributed by atoms with Gasteiger partial charge in [0.15, 0.2) is 0 Å². The first-order valence-corrected chi connectivity index (χ1v) is 6.22. The number of pyridine rings is 1. The fourth-order valence-corrected chi connectivity index (χ4v) is 1.75. The van der Waals surface area contributed by atoms with Crippen LogP contribution in [0, 0.1) is 18.6 Å². The number of anilines is 1. The number of nitrogens with zero attached hydrogens (tertiary/aromatic N) is 1. The molecule has 0 aliphatic carbocycles. The van der Waals surface area contributed by atoms with Crippen LogP contribution in [0.4, 0.5) is 14.5 Å². The molecule has 1 amide bonds. The average Bonchev–Trinajstić information content (AvgIpc) is 2.39. The molecule has 104 valence electrons. The Morgan fingerprint density at radius 1 is 1.20 bits per heavy atom. The molecule has 0 radical (unpaired) electrons. The maximum absolute atomic E-state index is 13.6. The Balaban J connectivity index is 2.27. The van der Waals surface area contributed by atoms with Gasteiger partial charge in [-0.15, -0.1) is 0 Å². The van der Waals surface area contributed by atoms with Crippen molar-refractivity contribution in [3.05, 3.63) is 57.3 Å². The number of amides is 1. The van der Waals surface area contributed by atoms with Crippen LogP contribution in [0.2, 0.25) is 10.2 Å². The molecule has 1 aromatic heterocycles. The lowest BCUT2D eigenvalue weighted by Crippen LogP contribution is -2.14. The van der Waals surface area contributed by atoms with Crippen molar-refractivity contribution in [3.8, 4) is 0 Å². The quantitative estimate of drug-likeness (QED) is 0.842. The maximum atomic E-state index is 13.6. The molecule has 20 heavy (non-hydrogen) atoms. The van der Waals surface area contributed by atoms with E-state index in [1.165, 1.54) is 19.2 Å². The molecular weight excluding hydrogens is 309 g/mol. The summed E-state index contributed by atoms with van der Waals surface area (Å²) in [5.74, 6) is -2.02. The second kappa shape index (κ2) is 5.73. The first-order chi connectivity index (χ1) is 9.38. The molecule has 1 aromatic carbocycles. The molecule has 0 spiro atoms. The van der Waals surface area contributed by atoms with Crippen LogP contribution in [0.3, 0.4) is 0 Å². The van der Waals surface area contributed by atoms with E-state index < -0.39 is 17.5 Å². The van der Waals surface area contributed by atoms with Gasteiger partial charge in [-0.25, -0.2) is 13.8 Å². The molecule has 0 saturated heterocycles. The van der Waals surface area contributed by atoms with Crippen LogP contribution in [0.15, 0.2) is 24.4 Å². The Morgan fingerprint density at radius 3 is 2.55 bits per heavy atom. The number of halogens is 4. The highest BCUT2D eigenvalue weighted by Gasteiger charge is 2.13. The summed E-state index contributed by atoms with van der Waals surface area (Å²) in [4.78, 5) is 15.6. The van der Waals surface area contributed by atoms with Gasteiger partial charge in [-0.05, 0) is 24.6 Å². The molecule has 0 bridgehead atoms. The third-order valence-corrected chi connectivity index (χ3v) is 3.24. The molecule has 0 atom stereocenters. The van der Waals surface area contributed by atoms with E-state index in [0.717, 1.165) is 12.1 Å². The fourth-order valence-electron chi connectivity index (χ4n) is 1.48. The predicted molar refractivity (Wildman–Crippen MR) is 73.3 cm³/mol. The lowest BCUT2D eigenvalue weighted by Gasteiger charge is -2.08. The van der Waals surface area contributed by atoms with Crippen LogP contribution in [-0.4, -0.2) is 10.9 Å². The second-order valence-corrected chi connectivity index (χ2v) is 4.80. The van der Waals surface area contributed by atoms with Crippen molar-refractivity contribution < 1.29 is 13.6 Å². The zero-order chi connectivity index (χ0) is 14.9. The summed E-state index contributed by atoms with van der Waals surface area (Å²) in [6.45, 7) is 1.42. The number of hydrogen-bond donors (Lipinski definition) is 1. The van der Waals surface area contributed by atoms with E-state index in [1.54, 1.807) is 0 Å². The summed E-state index contributed by atoms with van der Waals surface area (Å²) < 4.78 is 27.0. The molecule has 7 heteroatoms. The lowest BCUT2D eigenvalue weighted by molar-refractivity contribution is 0.102. The summed E-state index contributed by atoms with van der Waals surface area (Å²) in [6.07, 6.45) is 1.19. The van der Waals surface area contributed by atoms with Crippen LogP contribution >= 0.6 is 23.2 Å². The largest absolute Gasteiger partial charge is 0.319 e. The minimum atomic E-state index is -0.731. The van der Waals surface area contributed by atoms with Gasteiger partial charge in [0.25, 0.3) is 5.91 Å². The van der Waals surface area contributed by atoms with Gasteiger partial charge in [0.1, 0.15) is 16.8 Å². The zero-order valence-electron chi connectivity index (χ0n) is 10.2. The fraction of sp³-hybridized carbons (Fsp3) is 0.0769. The Morgan fingerprint density at radius 2 is 1.90 bits per heavy atom. The molecule has 2 aromatic rings. The van der Waals surface area contributed by atoms with E-state index in [-0.39, 0.29) is 27.0 Å². The topological polar surface area (TPSA) is 42.0 Å². The minimum Gasteiger partial charge on any atom is -0.319 e. The zero-order valence-corrected chi connectivity index (χ0v) is 11.7. The van der Waals surface area contributed by atoms with Crippen LogP contribution in [0.1, 0.15) is 15.9 Å². The number of aryl methyl sites for hydroxylation is 1. The molecular formula is C13H8Cl2F2N2O. The Bertz CT molecular complexity index is 692. The number of rotatable bonds is 2. The smallest absolute Gasteiger partial charge is 0.257 e. The summed E-state index contributed by atoms with van der Waals surface area (Å²) in [5.41, 5.74) is -0.0272. The van der Waals surface area contributed by atoms with Gasteiger partial charge in [-0.2, -0.15) is 0 Å². The van der Waals surface area contributed by atoms with Gasteiger partial charge in [0.2, 0.25) is 0 Å². The standard InChI is InChI=1S/C13H8Cl2F2N2O/c1-6-2-10(17)11(4-9(6)16)19-13(20)7-3-8(14)12(15)18-5-7/h2-5H,1H3,(H,19,20). The van der Waals surface area contributed by atoms with Gasteiger partial charge in [-0.3, -0.25) is 4.79 Å². The van der Waals surface area contributed by atoms with E-state index in [9.17, 15) is 13.6 Å². The SMILES string of the molecule is Cc1cc(F)c(NC(=O)c2cnc(Cl)c(Cl)c2)cc1F. The van der Waals surface area contributed by atoms with Crippen molar-refractivity contribution in [2.45, 2.75) is 6.92 Å². The molecule has 0 fully saturated rings. The van der Waals surface area contributed by atoms with Crippen LogP contribution in [0.5, 0.6) is 0 Å². The molecule has 2 rings (SSSR count). The Kier molecular flexibility index (Phi) is 4.20. The summed E-state index contributed by atoms with van der Waals surface area (Å²) in [6, 6.07) is 3.19. The summed E-state index contributed by atoms with van der Waals surface area (Å²) >= 11 is 11.4. The number of nitrogens with one attached hydrogen (secondary N) is 1. The molecule has 0 aliphatic rings. The van der Waals surface area contributed by atoms with Crippen LogP contribution in [0.25, 0.3) is 0 Å². The van der Waals surface area contributed by atoms with E-state index in [0.29, 0.717) is 0 Å². The second-order valence-electron chi connectivity index (χ2n) is 4.03. The highest BCUT2D eigenvalue weighted by Crippen LogP contribution is 2.22. The molecule has 0 unspecified atom stereocenters. The van der Waals surface area contributed by atoms with Crippen molar-refractivity contribution in [2.24, 2.45) is 0 Å². The third-order valence-electron chi connectivity index (χ3n) is 2.55.